The number of ether oxygens (including phenoxy) is 1. The predicted octanol–water partition coefficient (Wildman–Crippen LogP) is 6.02. The molecule has 4 rings (SSSR count). The Bertz CT molecular complexity index is 1210. The molecule has 3 aromatic rings. The molecule has 174 valence electrons. The second-order valence-corrected chi connectivity index (χ2v) is 9.53. The van der Waals surface area contributed by atoms with Gasteiger partial charge in [-0.2, -0.15) is 5.10 Å². The zero-order valence-electron chi connectivity index (χ0n) is 20.4. The summed E-state index contributed by atoms with van der Waals surface area (Å²) in [6.07, 6.45) is 3.93. The van der Waals surface area contributed by atoms with Crippen LogP contribution in [0.3, 0.4) is 0 Å². The van der Waals surface area contributed by atoms with Gasteiger partial charge >= 0.3 is 5.91 Å². The highest BCUT2D eigenvalue weighted by Gasteiger charge is 2.36. The van der Waals surface area contributed by atoms with Gasteiger partial charge in [0.25, 0.3) is 0 Å². The van der Waals surface area contributed by atoms with Crippen LogP contribution in [-0.4, -0.2) is 31.3 Å². The zero-order valence-corrected chi connectivity index (χ0v) is 20.4. The minimum Gasteiger partial charge on any atom is -0.493 e. The van der Waals surface area contributed by atoms with Crippen LogP contribution in [0.25, 0.3) is 11.0 Å². The van der Waals surface area contributed by atoms with Crippen molar-refractivity contribution in [3.63, 3.8) is 0 Å². The van der Waals surface area contributed by atoms with E-state index in [0.29, 0.717) is 17.3 Å². The van der Waals surface area contributed by atoms with Crippen molar-refractivity contribution in [3.8, 4) is 5.75 Å². The van der Waals surface area contributed by atoms with E-state index in [1.165, 1.54) is 11.3 Å². The Balaban J connectivity index is 1.56. The molecule has 33 heavy (non-hydrogen) atoms. The van der Waals surface area contributed by atoms with Gasteiger partial charge < -0.3 is 14.1 Å². The summed E-state index contributed by atoms with van der Waals surface area (Å²) in [5.41, 5.74) is 8.06. The van der Waals surface area contributed by atoms with Crippen LogP contribution in [0.1, 0.15) is 73.7 Å². The Morgan fingerprint density at radius 1 is 1.33 bits per heavy atom. The van der Waals surface area contributed by atoms with Gasteiger partial charge in [0.2, 0.25) is 0 Å². The highest BCUT2D eigenvalue weighted by atomic mass is 16.5. The van der Waals surface area contributed by atoms with Gasteiger partial charge in [0.15, 0.2) is 17.1 Å². The molecule has 6 nitrogen and oxygen atoms in total. The molecule has 1 unspecified atom stereocenters. The lowest BCUT2D eigenvalue weighted by Gasteiger charge is -2.48. The summed E-state index contributed by atoms with van der Waals surface area (Å²) < 4.78 is 11.0. The van der Waals surface area contributed by atoms with Gasteiger partial charge in [-0.1, -0.05) is 26.0 Å². The van der Waals surface area contributed by atoms with E-state index in [9.17, 15) is 4.79 Å². The van der Waals surface area contributed by atoms with Gasteiger partial charge in [0.05, 0.1) is 13.3 Å². The number of para-hydroxylation sites is 1. The maximum atomic E-state index is 12.6. The molecule has 1 amide bonds. The summed E-state index contributed by atoms with van der Waals surface area (Å²) in [5, 5.41) is 5.03. The highest BCUT2D eigenvalue weighted by Crippen LogP contribution is 2.44. The van der Waals surface area contributed by atoms with Crippen LogP contribution in [0, 0.1) is 6.92 Å². The molecule has 1 aromatic heterocycles. The Morgan fingerprint density at radius 2 is 2.12 bits per heavy atom. The van der Waals surface area contributed by atoms with Crippen LogP contribution < -0.4 is 15.1 Å². The number of carbonyl (C=O) groups excluding carboxylic acids is 1. The van der Waals surface area contributed by atoms with E-state index in [4.69, 9.17) is 9.15 Å². The van der Waals surface area contributed by atoms with Crippen molar-refractivity contribution in [1.29, 1.82) is 0 Å². The summed E-state index contributed by atoms with van der Waals surface area (Å²) in [5.74, 6) is 0.842. The van der Waals surface area contributed by atoms with Crippen LogP contribution >= 0.6 is 0 Å². The molecule has 0 saturated carbocycles. The molecule has 2 aromatic carbocycles. The fourth-order valence-electron chi connectivity index (χ4n) is 4.96. The van der Waals surface area contributed by atoms with Gasteiger partial charge in [-0.3, -0.25) is 4.79 Å². The molecule has 0 saturated heterocycles. The second-order valence-electron chi connectivity index (χ2n) is 9.53. The third kappa shape index (κ3) is 4.34. The lowest BCUT2D eigenvalue weighted by atomic mass is 9.79. The maximum absolute atomic E-state index is 12.6. The summed E-state index contributed by atoms with van der Waals surface area (Å²) in [7, 11) is 1.57. The lowest BCUT2D eigenvalue weighted by molar-refractivity contribution is 0.0929. The first-order chi connectivity index (χ1) is 15.7. The van der Waals surface area contributed by atoms with E-state index in [-0.39, 0.29) is 11.3 Å². The average molecular weight is 448 g/mol. The van der Waals surface area contributed by atoms with Crippen molar-refractivity contribution in [3.05, 3.63) is 58.8 Å². The minimum atomic E-state index is -0.399. The van der Waals surface area contributed by atoms with Crippen molar-refractivity contribution in [1.82, 2.24) is 5.43 Å². The first-order valence-corrected chi connectivity index (χ1v) is 11.6. The number of furan rings is 1. The number of hydrazone groups is 1. The second kappa shape index (κ2) is 8.93. The van der Waals surface area contributed by atoms with Crippen LogP contribution in [0.4, 0.5) is 5.69 Å². The molecular formula is C27H33N3O3. The van der Waals surface area contributed by atoms with E-state index in [0.717, 1.165) is 35.9 Å². The van der Waals surface area contributed by atoms with E-state index >= 15 is 0 Å². The zero-order chi connectivity index (χ0) is 23.8. The molecule has 1 atom stereocenters. The summed E-state index contributed by atoms with van der Waals surface area (Å²) in [4.78, 5) is 15.1. The quantitative estimate of drug-likeness (QED) is 0.371. The number of hydrogen-bond donors (Lipinski definition) is 1. The number of hydrogen-bond acceptors (Lipinski definition) is 5. The van der Waals surface area contributed by atoms with Gasteiger partial charge in [0.1, 0.15) is 0 Å². The fourth-order valence-corrected chi connectivity index (χ4v) is 4.96. The Labute approximate surface area is 195 Å². The van der Waals surface area contributed by atoms with Crippen molar-refractivity contribution < 1.29 is 13.9 Å². The standard InChI is InChI=1S/C27H33N3O3/c1-7-11-30-22-12-17(2)20(13-21(22)18(3)15-27(30,4)5)16-28-29-26(31)24-14-19-9-8-10-23(32-6)25(19)33-24/h8-10,12-14,16,18H,7,11,15H2,1-6H3,(H,29,31)/b28-16-. The third-order valence-electron chi connectivity index (χ3n) is 6.54. The Kier molecular flexibility index (Phi) is 6.19. The van der Waals surface area contributed by atoms with Crippen LogP contribution in [0.5, 0.6) is 5.75 Å². The number of nitrogens with zero attached hydrogens (tertiary/aromatic N) is 2. The minimum absolute atomic E-state index is 0.133. The number of amides is 1. The predicted molar refractivity (Wildman–Crippen MR) is 134 cm³/mol. The molecule has 0 fully saturated rings. The first-order valence-electron chi connectivity index (χ1n) is 11.6. The van der Waals surface area contributed by atoms with Crippen LogP contribution in [0.2, 0.25) is 0 Å². The largest absolute Gasteiger partial charge is 0.493 e. The highest BCUT2D eigenvalue weighted by molar-refractivity contribution is 5.97. The van der Waals surface area contributed by atoms with Crippen molar-refractivity contribution in [2.24, 2.45) is 5.10 Å². The van der Waals surface area contributed by atoms with Gasteiger partial charge in [-0.15, -0.1) is 0 Å². The number of carbonyl (C=O) groups is 1. The third-order valence-corrected chi connectivity index (χ3v) is 6.54. The number of methoxy groups -OCH3 is 1. The van der Waals surface area contributed by atoms with E-state index in [1.54, 1.807) is 25.5 Å². The van der Waals surface area contributed by atoms with Crippen molar-refractivity contribution >= 4 is 28.8 Å². The van der Waals surface area contributed by atoms with E-state index < -0.39 is 5.91 Å². The molecule has 0 spiro atoms. The van der Waals surface area contributed by atoms with E-state index in [2.05, 4.69) is 62.2 Å². The normalized spacial score (nSPS) is 17.4. The molecular weight excluding hydrogens is 414 g/mol. The maximum Gasteiger partial charge on any atom is 0.307 e. The molecule has 1 N–H and O–H groups in total. The van der Waals surface area contributed by atoms with Crippen molar-refractivity contribution in [2.75, 3.05) is 18.6 Å². The molecule has 6 heteroatoms. The summed E-state index contributed by atoms with van der Waals surface area (Å²) in [6, 6.07) is 11.7. The number of rotatable bonds is 6. The van der Waals surface area contributed by atoms with E-state index in [1.807, 2.05) is 12.1 Å². The summed E-state index contributed by atoms with van der Waals surface area (Å²) >= 11 is 0. The number of anilines is 1. The lowest BCUT2D eigenvalue weighted by Crippen LogP contribution is -2.48. The van der Waals surface area contributed by atoms with Crippen molar-refractivity contribution in [2.45, 2.75) is 58.9 Å². The number of benzene rings is 2. The molecule has 0 radical (unpaired) electrons. The number of fused-ring (bicyclic) bond motifs is 2. The molecule has 1 aliphatic rings. The Morgan fingerprint density at radius 3 is 2.85 bits per heavy atom. The number of nitrogens with one attached hydrogen (secondary N) is 1. The summed E-state index contributed by atoms with van der Waals surface area (Å²) in [6.45, 7) is 12.3. The molecule has 1 aliphatic heterocycles. The van der Waals surface area contributed by atoms with Gasteiger partial charge in [-0.05, 0) is 80.5 Å². The molecule has 2 heterocycles. The molecule has 0 bridgehead atoms. The Hall–Kier alpha value is -3.28. The number of aryl methyl sites for hydroxylation is 1. The topological polar surface area (TPSA) is 67.1 Å². The average Bonchev–Trinajstić information content (AvgIpc) is 3.21. The molecule has 0 aliphatic carbocycles. The van der Waals surface area contributed by atoms with Crippen LogP contribution in [-0.2, 0) is 0 Å². The van der Waals surface area contributed by atoms with Gasteiger partial charge in [0, 0.05) is 23.2 Å². The SMILES string of the molecule is CCCN1c2cc(C)c(/C=N\NC(=O)c3cc4cccc(OC)c4o3)cc2C(C)CC1(C)C. The smallest absolute Gasteiger partial charge is 0.307 e. The van der Waals surface area contributed by atoms with Gasteiger partial charge in [-0.25, -0.2) is 5.43 Å². The first kappa shape index (κ1) is 22.9. The monoisotopic (exact) mass is 447 g/mol. The van der Waals surface area contributed by atoms with Crippen LogP contribution in [0.15, 0.2) is 45.9 Å². The fraction of sp³-hybridized carbons (Fsp3) is 0.407.